The standard InChI is InChI=1S/C23H28N4O3/c28-22(29)21-13-24-18(12-25-21)14-27-8-6-23(7-9-27)11-17(15-30-23)26-20-10-19(20)16-4-2-1-3-5-16/h1-5,12-13,17,19-20,26H,6-11,14-15H2,(H,28,29)/t17?,19-,20+/m0/s1. The molecule has 1 aliphatic carbocycles. The highest BCUT2D eigenvalue weighted by atomic mass is 16.5. The zero-order chi connectivity index (χ0) is 20.6. The maximum Gasteiger partial charge on any atom is 0.356 e. The summed E-state index contributed by atoms with van der Waals surface area (Å²) in [6, 6.07) is 11.8. The Bertz CT molecular complexity index is 881. The number of rotatable bonds is 6. The maximum atomic E-state index is 10.9. The Balaban J connectivity index is 1.09. The summed E-state index contributed by atoms with van der Waals surface area (Å²) in [5.74, 6) is -0.394. The predicted octanol–water partition coefficient (Wildman–Crippen LogP) is 2.44. The van der Waals surface area contributed by atoms with E-state index in [0.717, 1.165) is 44.7 Å². The number of carbonyl (C=O) groups is 1. The van der Waals surface area contributed by atoms with Gasteiger partial charge in [-0.25, -0.2) is 9.78 Å². The number of benzene rings is 1. The number of carboxylic acid groups (broad SMARTS) is 1. The van der Waals surface area contributed by atoms with E-state index in [4.69, 9.17) is 9.84 Å². The Morgan fingerprint density at radius 2 is 2.00 bits per heavy atom. The number of likely N-dealkylation sites (tertiary alicyclic amines) is 1. The Kier molecular flexibility index (Phi) is 5.26. The fourth-order valence-electron chi connectivity index (χ4n) is 4.94. The van der Waals surface area contributed by atoms with Crippen molar-refractivity contribution < 1.29 is 14.6 Å². The highest BCUT2D eigenvalue weighted by Crippen LogP contribution is 2.43. The summed E-state index contributed by atoms with van der Waals surface area (Å²) < 4.78 is 6.32. The SMILES string of the molecule is O=C(O)c1cnc(CN2CCC3(CC2)CC(N[C@@H]2C[C@H]2c2ccccc2)CO3)cn1. The predicted molar refractivity (Wildman–Crippen MR) is 111 cm³/mol. The van der Waals surface area contributed by atoms with Gasteiger partial charge >= 0.3 is 5.97 Å². The van der Waals surface area contributed by atoms with Gasteiger partial charge in [0, 0.05) is 37.6 Å². The van der Waals surface area contributed by atoms with E-state index in [1.165, 1.54) is 18.2 Å². The third-order valence-corrected chi connectivity index (χ3v) is 6.75. The molecular weight excluding hydrogens is 380 g/mol. The van der Waals surface area contributed by atoms with Crippen LogP contribution in [0.3, 0.4) is 0 Å². The van der Waals surface area contributed by atoms with Crippen LogP contribution in [0.1, 0.15) is 53.3 Å². The number of ether oxygens (including phenoxy) is 1. The molecule has 3 aliphatic rings. The molecular formula is C23H28N4O3. The van der Waals surface area contributed by atoms with Crippen LogP contribution in [0, 0.1) is 0 Å². The summed E-state index contributed by atoms with van der Waals surface area (Å²) in [6.07, 6.45) is 7.27. The molecule has 1 saturated carbocycles. The van der Waals surface area contributed by atoms with E-state index < -0.39 is 5.97 Å². The molecule has 1 spiro atoms. The molecule has 1 aromatic carbocycles. The first-order valence-corrected chi connectivity index (χ1v) is 10.8. The Labute approximate surface area is 176 Å². The van der Waals surface area contributed by atoms with Crippen molar-refractivity contribution in [2.24, 2.45) is 0 Å². The van der Waals surface area contributed by atoms with Crippen LogP contribution < -0.4 is 5.32 Å². The average molecular weight is 409 g/mol. The topological polar surface area (TPSA) is 87.6 Å². The molecule has 158 valence electrons. The lowest BCUT2D eigenvalue weighted by Crippen LogP contribution is -2.44. The van der Waals surface area contributed by atoms with E-state index in [-0.39, 0.29) is 11.3 Å². The molecule has 3 fully saturated rings. The van der Waals surface area contributed by atoms with E-state index in [9.17, 15) is 4.79 Å². The average Bonchev–Trinajstić information content (AvgIpc) is 3.43. The fraction of sp³-hybridized carbons (Fsp3) is 0.522. The number of aromatic nitrogens is 2. The van der Waals surface area contributed by atoms with Crippen LogP contribution in [0.5, 0.6) is 0 Å². The van der Waals surface area contributed by atoms with Crippen molar-refractivity contribution in [3.05, 3.63) is 59.7 Å². The third-order valence-electron chi connectivity index (χ3n) is 6.75. The quantitative estimate of drug-likeness (QED) is 0.759. The number of piperidine rings is 1. The molecule has 1 aromatic heterocycles. The Hall–Kier alpha value is -2.35. The molecule has 2 saturated heterocycles. The maximum absolute atomic E-state index is 10.9. The summed E-state index contributed by atoms with van der Waals surface area (Å²) in [7, 11) is 0. The number of aromatic carboxylic acids is 1. The molecule has 7 nitrogen and oxygen atoms in total. The van der Waals surface area contributed by atoms with Gasteiger partial charge in [0.25, 0.3) is 0 Å². The summed E-state index contributed by atoms with van der Waals surface area (Å²) >= 11 is 0. The van der Waals surface area contributed by atoms with Crippen molar-refractivity contribution in [3.63, 3.8) is 0 Å². The molecule has 2 aliphatic heterocycles. The van der Waals surface area contributed by atoms with Crippen molar-refractivity contribution in [1.82, 2.24) is 20.2 Å². The first kappa shape index (κ1) is 19.6. The van der Waals surface area contributed by atoms with E-state index in [1.807, 2.05) is 0 Å². The van der Waals surface area contributed by atoms with Gasteiger partial charge in [-0.3, -0.25) is 9.88 Å². The molecule has 0 radical (unpaired) electrons. The van der Waals surface area contributed by atoms with Crippen molar-refractivity contribution >= 4 is 5.97 Å². The van der Waals surface area contributed by atoms with Gasteiger partial charge in [-0.15, -0.1) is 0 Å². The number of carboxylic acids is 1. The van der Waals surface area contributed by atoms with Crippen LogP contribution in [0.25, 0.3) is 0 Å². The highest BCUT2D eigenvalue weighted by Gasteiger charge is 2.46. The minimum absolute atomic E-state index is 0.00411. The summed E-state index contributed by atoms with van der Waals surface area (Å²) in [5, 5.41) is 12.8. The normalized spacial score (nSPS) is 27.9. The first-order valence-electron chi connectivity index (χ1n) is 10.8. The van der Waals surface area contributed by atoms with Crippen molar-refractivity contribution in [3.8, 4) is 0 Å². The molecule has 3 atom stereocenters. The summed E-state index contributed by atoms with van der Waals surface area (Å²) in [6.45, 7) is 3.43. The number of nitrogens with one attached hydrogen (secondary N) is 1. The summed E-state index contributed by atoms with van der Waals surface area (Å²) in [4.78, 5) is 21.5. The second-order valence-corrected chi connectivity index (χ2v) is 8.90. The van der Waals surface area contributed by atoms with Gasteiger partial charge in [-0.1, -0.05) is 30.3 Å². The van der Waals surface area contributed by atoms with Crippen LogP contribution >= 0.6 is 0 Å². The Morgan fingerprint density at radius 1 is 1.20 bits per heavy atom. The molecule has 30 heavy (non-hydrogen) atoms. The molecule has 1 unspecified atom stereocenters. The van der Waals surface area contributed by atoms with E-state index >= 15 is 0 Å². The van der Waals surface area contributed by atoms with Gasteiger partial charge in [-0.05, 0) is 31.2 Å². The molecule has 0 amide bonds. The molecule has 3 heterocycles. The second kappa shape index (κ2) is 8.06. The lowest BCUT2D eigenvalue weighted by atomic mass is 9.87. The van der Waals surface area contributed by atoms with Gasteiger partial charge in [0.2, 0.25) is 0 Å². The number of hydrogen-bond acceptors (Lipinski definition) is 6. The van der Waals surface area contributed by atoms with Gasteiger partial charge in [-0.2, -0.15) is 0 Å². The minimum atomic E-state index is -1.04. The van der Waals surface area contributed by atoms with E-state index in [2.05, 4.69) is 50.5 Å². The lowest BCUT2D eigenvalue weighted by molar-refractivity contribution is -0.0451. The van der Waals surface area contributed by atoms with Gasteiger partial charge < -0.3 is 15.2 Å². The highest BCUT2D eigenvalue weighted by molar-refractivity contribution is 5.84. The third kappa shape index (κ3) is 4.24. The monoisotopic (exact) mass is 408 g/mol. The second-order valence-electron chi connectivity index (χ2n) is 8.90. The van der Waals surface area contributed by atoms with Crippen molar-refractivity contribution in [2.45, 2.75) is 55.8 Å². The van der Waals surface area contributed by atoms with Crippen LogP contribution in [0.2, 0.25) is 0 Å². The first-order chi connectivity index (χ1) is 14.6. The summed E-state index contributed by atoms with van der Waals surface area (Å²) in [5.41, 5.74) is 2.24. The van der Waals surface area contributed by atoms with E-state index in [1.54, 1.807) is 6.20 Å². The van der Waals surface area contributed by atoms with Crippen LogP contribution in [-0.4, -0.2) is 63.3 Å². The lowest BCUT2D eigenvalue weighted by Gasteiger charge is -2.38. The van der Waals surface area contributed by atoms with Crippen LogP contribution in [-0.2, 0) is 11.3 Å². The van der Waals surface area contributed by atoms with Gasteiger partial charge in [0.15, 0.2) is 5.69 Å². The van der Waals surface area contributed by atoms with E-state index in [0.29, 0.717) is 24.5 Å². The smallest absolute Gasteiger partial charge is 0.356 e. The molecule has 2 N–H and O–H groups in total. The molecule has 2 aromatic rings. The van der Waals surface area contributed by atoms with Gasteiger partial charge in [0.05, 0.1) is 30.3 Å². The largest absolute Gasteiger partial charge is 0.476 e. The van der Waals surface area contributed by atoms with Crippen LogP contribution in [0.4, 0.5) is 0 Å². The molecule has 7 heteroatoms. The molecule has 5 rings (SSSR count). The molecule has 0 bridgehead atoms. The van der Waals surface area contributed by atoms with Crippen molar-refractivity contribution in [1.29, 1.82) is 0 Å². The number of nitrogens with zero attached hydrogens (tertiary/aromatic N) is 3. The van der Waals surface area contributed by atoms with Gasteiger partial charge in [0.1, 0.15) is 0 Å². The van der Waals surface area contributed by atoms with Crippen LogP contribution in [0.15, 0.2) is 42.7 Å². The zero-order valence-corrected chi connectivity index (χ0v) is 17.0. The number of hydrogen-bond donors (Lipinski definition) is 2. The fourth-order valence-corrected chi connectivity index (χ4v) is 4.94. The minimum Gasteiger partial charge on any atom is -0.476 e. The van der Waals surface area contributed by atoms with Crippen molar-refractivity contribution in [2.75, 3.05) is 19.7 Å². The Morgan fingerprint density at radius 3 is 2.70 bits per heavy atom. The zero-order valence-electron chi connectivity index (χ0n) is 17.0.